The highest BCUT2D eigenvalue weighted by Gasteiger charge is 2.20. The number of hydrogen-bond acceptors (Lipinski definition) is 5. The van der Waals surface area contributed by atoms with Gasteiger partial charge in [-0.15, -0.1) is 0 Å². The molecule has 1 atom stereocenters. The highest BCUT2D eigenvalue weighted by Crippen LogP contribution is 2.23. The van der Waals surface area contributed by atoms with Gasteiger partial charge in [0, 0.05) is 5.69 Å². The van der Waals surface area contributed by atoms with Crippen molar-refractivity contribution in [2.24, 2.45) is 0 Å². The Hall–Kier alpha value is -2.68. The second-order valence-corrected chi connectivity index (χ2v) is 6.17. The number of aromatic nitrogens is 4. The summed E-state index contributed by atoms with van der Waals surface area (Å²) in [4.78, 5) is 37.8. The quantitative estimate of drug-likeness (QED) is 0.485. The first-order valence-corrected chi connectivity index (χ1v) is 8.11. The fourth-order valence-electron chi connectivity index (χ4n) is 2.09. The number of thioether (sulfide) groups is 1. The zero-order valence-electron chi connectivity index (χ0n) is 12.7. The predicted molar refractivity (Wildman–Crippen MR) is 89.5 cm³/mol. The second kappa shape index (κ2) is 6.83. The number of carbonyl (C=O) groups excluding carboxylic acids is 1. The van der Waals surface area contributed by atoms with E-state index in [0.717, 1.165) is 11.8 Å². The average molecular weight is 347 g/mol. The molecule has 0 unspecified atom stereocenters. The fourth-order valence-corrected chi connectivity index (χ4v) is 2.98. The number of anilines is 1. The van der Waals surface area contributed by atoms with Gasteiger partial charge < -0.3 is 10.3 Å². The minimum absolute atomic E-state index is 0.251. The van der Waals surface area contributed by atoms with Gasteiger partial charge in [-0.3, -0.25) is 14.6 Å². The third kappa shape index (κ3) is 3.46. The van der Waals surface area contributed by atoms with Crippen LogP contribution in [0.25, 0.3) is 11.2 Å². The summed E-state index contributed by atoms with van der Waals surface area (Å²) in [6, 6.07) is 5.52. The standard InChI is InChI=1S/C15H14FN5O2S/c1-2-10(13(22)19-9-5-3-8(16)4-6-9)24-15-20-12-11(14(23)21-15)17-7-18-12/h3-7,10H,2H2,1H3,(H,19,22)(H2,17,18,20,21,23)/t10-/m1/s1. The number of carbonyl (C=O) groups is 1. The van der Waals surface area contributed by atoms with Crippen LogP contribution in [-0.2, 0) is 4.79 Å². The predicted octanol–water partition coefficient (Wildman–Crippen LogP) is 2.29. The molecule has 0 saturated heterocycles. The zero-order chi connectivity index (χ0) is 17.1. The highest BCUT2D eigenvalue weighted by atomic mass is 32.2. The van der Waals surface area contributed by atoms with Crippen molar-refractivity contribution in [2.75, 3.05) is 5.32 Å². The van der Waals surface area contributed by atoms with Crippen LogP contribution in [0.3, 0.4) is 0 Å². The lowest BCUT2D eigenvalue weighted by molar-refractivity contribution is -0.115. The molecule has 2 aromatic heterocycles. The average Bonchev–Trinajstić information content (AvgIpc) is 3.03. The molecule has 0 radical (unpaired) electrons. The summed E-state index contributed by atoms with van der Waals surface area (Å²) in [6.45, 7) is 1.85. The van der Waals surface area contributed by atoms with E-state index in [1.165, 1.54) is 30.6 Å². The lowest BCUT2D eigenvalue weighted by atomic mass is 10.2. The number of benzene rings is 1. The molecule has 0 fully saturated rings. The summed E-state index contributed by atoms with van der Waals surface area (Å²) in [7, 11) is 0. The number of nitrogens with zero attached hydrogens (tertiary/aromatic N) is 2. The van der Waals surface area contributed by atoms with Crippen LogP contribution in [0.15, 0.2) is 40.5 Å². The number of imidazole rings is 1. The Kier molecular flexibility index (Phi) is 4.61. The number of rotatable bonds is 5. The van der Waals surface area contributed by atoms with Gasteiger partial charge in [-0.25, -0.2) is 14.4 Å². The van der Waals surface area contributed by atoms with Crippen molar-refractivity contribution in [1.29, 1.82) is 0 Å². The minimum Gasteiger partial charge on any atom is -0.339 e. The molecule has 3 aromatic rings. The van der Waals surface area contributed by atoms with Gasteiger partial charge in [0.15, 0.2) is 16.3 Å². The summed E-state index contributed by atoms with van der Waals surface area (Å²) < 4.78 is 12.9. The molecule has 9 heteroatoms. The molecule has 3 N–H and O–H groups in total. The molecular formula is C15H14FN5O2S. The Balaban J connectivity index is 1.76. The number of halogens is 1. The van der Waals surface area contributed by atoms with E-state index in [9.17, 15) is 14.0 Å². The zero-order valence-corrected chi connectivity index (χ0v) is 13.5. The van der Waals surface area contributed by atoms with E-state index in [0.29, 0.717) is 28.4 Å². The molecule has 0 spiro atoms. The molecule has 0 bridgehead atoms. The topological polar surface area (TPSA) is 104 Å². The Bertz CT molecular complexity index is 922. The van der Waals surface area contributed by atoms with Crippen LogP contribution in [0, 0.1) is 5.82 Å². The molecule has 0 aliphatic rings. The molecule has 124 valence electrons. The largest absolute Gasteiger partial charge is 0.339 e. The van der Waals surface area contributed by atoms with Crippen molar-refractivity contribution in [3.8, 4) is 0 Å². The van der Waals surface area contributed by atoms with Crippen LogP contribution in [0.4, 0.5) is 10.1 Å². The van der Waals surface area contributed by atoms with Crippen LogP contribution >= 0.6 is 11.8 Å². The Morgan fingerprint density at radius 3 is 2.83 bits per heavy atom. The van der Waals surface area contributed by atoms with E-state index in [2.05, 4.69) is 25.3 Å². The van der Waals surface area contributed by atoms with Crippen molar-refractivity contribution in [1.82, 2.24) is 19.9 Å². The third-order valence-corrected chi connectivity index (χ3v) is 4.55. The molecular weight excluding hydrogens is 333 g/mol. The summed E-state index contributed by atoms with van der Waals surface area (Å²) in [5.74, 6) is -0.623. The van der Waals surface area contributed by atoms with Crippen LogP contribution < -0.4 is 10.9 Å². The van der Waals surface area contributed by atoms with Crippen molar-refractivity contribution in [2.45, 2.75) is 23.8 Å². The number of hydrogen-bond donors (Lipinski definition) is 3. The lowest BCUT2D eigenvalue weighted by Crippen LogP contribution is -2.25. The molecule has 0 saturated carbocycles. The van der Waals surface area contributed by atoms with Gasteiger partial charge in [0.1, 0.15) is 5.82 Å². The molecule has 0 aliphatic carbocycles. The molecule has 0 aliphatic heterocycles. The number of amides is 1. The summed E-state index contributed by atoms with van der Waals surface area (Å²) in [5.41, 5.74) is 0.761. The summed E-state index contributed by atoms with van der Waals surface area (Å²) in [6.07, 6.45) is 1.92. The van der Waals surface area contributed by atoms with Gasteiger partial charge in [-0.1, -0.05) is 18.7 Å². The number of fused-ring (bicyclic) bond motifs is 1. The van der Waals surface area contributed by atoms with E-state index < -0.39 is 5.25 Å². The fraction of sp³-hybridized carbons (Fsp3) is 0.200. The molecule has 2 heterocycles. The van der Waals surface area contributed by atoms with Crippen LogP contribution in [0.1, 0.15) is 13.3 Å². The van der Waals surface area contributed by atoms with Gasteiger partial charge in [0.25, 0.3) is 5.56 Å². The molecule has 24 heavy (non-hydrogen) atoms. The lowest BCUT2D eigenvalue weighted by Gasteiger charge is -2.14. The second-order valence-electron chi connectivity index (χ2n) is 4.98. The maximum absolute atomic E-state index is 12.9. The van der Waals surface area contributed by atoms with Crippen LogP contribution in [-0.4, -0.2) is 31.1 Å². The maximum atomic E-state index is 12.9. The van der Waals surface area contributed by atoms with Crippen molar-refractivity contribution >= 4 is 34.5 Å². The van der Waals surface area contributed by atoms with Gasteiger partial charge >= 0.3 is 0 Å². The first-order chi connectivity index (χ1) is 11.6. The van der Waals surface area contributed by atoms with Gasteiger partial charge in [0.05, 0.1) is 11.6 Å². The summed E-state index contributed by atoms with van der Waals surface area (Å²) >= 11 is 1.14. The normalized spacial score (nSPS) is 12.2. The van der Waals surface area contributed by atoms with Crippen molar-refractivity contribution in [3.05, 3.63) is 46.8 Å². The van der Waals surface area contributed by atoms with Gasteiger partial charge in [-0.2, -0.15) is 0 Å². The smallest absolute Gasteiger partial charge is 0.277 e. The third-order valence-electron chi connectivity index (χ3n) is 3.30. The Morgan fingerprint density at radius 1 is 1.38 bits per heavy atom. The SMILES string of the molecule is CC[C@@H](Sc1nc2nc[nH]c2c(=O)[nH]1)C(=O)Nc1ccc(F)cc1. The highest BCUT2D eigenvalue weighted by molar-refractivity contribution is 8.00. The van der Waals surface area contributed by atoms with Gasteiger partial charge in [-0.05, 0) is 30.7 Å². The number of H-pyrrole nitrogens is 2. The molecule has 3 rings (SSSR count). The molecule has 1 aromatic carbocycles. The van der Waals surface area contributed by atoms with Crippen LogP contribution in [0.5, 0.6) is 0 Å². The van der Waals surface area contributed by atoms with Crippen molar-refractivity contribution < 1.29 is 9.18 Å². The van der Waals surface area contributed by atoms with Gasteiger partial charge in [0.2, 0.25) is 5.91 Å². The van der Waals surface area contributed by atoms with E-state index in [1.807, 2.05) is 6.92 Å². The van der Waals surface area contributed by atoms with Crippen LogP contribution in [0.2, 0.25) is 0 Å². The molecule has 1 amide bonds. The molecule has 7 nitrogen and oxygen atoms in total. The first kappa shape index (κ1) is 16.2. The maximum Gasteiger partial charge on any atom is 0.277 e. The van der Waals surface area contributed by atoms with E-state index in [4.69, 9.17) is 0 Å². The first-order valence-electron chi connectivity index (χ1n) is 7.23. The van der Waals surface area contributed by atoms with Crippen molar-refractivity contribution in [3.63, 3.8) is 0 Å². The minimum atomic E-state index is -0.463. The Morgan fingerprint density at radius 2 is 2.12 bits per heavy atom. The van der Waals surface area contributed by atoms with E-state index in [1.54, 1.807) is 0 Å². The number of nitrogens with one attached hydrogen (secondary N) is 3. The van der Waals surface area contributed by atoms with E-state index >= 15 is 0 Å². The monoisotopic (exact) mass is 347 g/mol. The Labute approximate surface area is 140 Å². The number of aromatic amines is 2. The summed E-state index contributed by atoms with van der Waals surface area (Å²) in [5, 5.41) is 2.58. The van der Waals surface area contributed by atoms with E-state index in [-0.39, 0.29) is 17.3 Å².